The number of ketones is 1. The van der Waals surface area contributed by atoms with Crippen molar-refractivity contribution in [2.45, 2.75) is 32.1 Å². The van der Waals surface area contributed by atoms with Gasteiger partial charge in [-0.15, -0.1) is 0 Å². The Hall–Kier alpha value is -4.13. The Morgan fingerprint density at radius 1 is 0.919 bits per heavy atom. The minimum Gasteiger partial charge on any atom is -0.371 e. The number of nitrogens with two attached hydrogens (primary N) is 1. The molecule has 1 amide bonds. The Kier molecular flexibility index (Phi) is 5.71. The van der Waals surface area contributed by atoms with Gasteiger partial charge in [-0.1, -0.05) is 18.2 Å². The molecular formula is C30H25F2N3O2. The number of rotatable bonds is 3. The van der Waals surface area contributed by atoms with Crippen LogP contribution in [0.2, 0.25) is 0 Å². The zero-order chi connectivity index (χ0) is 25.7. The van der Waals surface area contributed by atoms with Crippen LogP contribution in [-0.2, 0) is 6.42 Å². The first-order valence-corrected chi connectivity index (χ1v) is 12.6. The number of carbonyl (C=O) groups is 2. The van der Waals surface area contributed by atoms with E-state index in [2.05, 4.69) is 4.90 Å². The third-order valence-corrected chi connectivity index (χ3v) is 7.43. The zero-order valence-corrected chi connectivity index (χ0v) is 20.2. The molecule has 7 heteroatoms. The summed E-state index contributed by atoms with van der Waals surface area (Å²) in [6.45, 7) is 1.58. The smallest absolute Gasteiger partial charge is 0.249 e. The fourth-order valence-corrected chi connectivity index (χ4v) is 5.71. The summed E-state index contributed by atoms with van der Waals surface area (Å²) in [7, 11) is 0. The number of Topliss-reactive ketones (excluding diaryl/α,β-unsaturated/α-hetero) is 1. The fourth-order valence-electron chi connectivity index (χ4n) is 5.71. The highest BCUT2D eigenvalue weighted by molar-refractivity contribution is 6.13. The van der Waals surface area contributed by atoms with Gasteiger partial charge >= 0.3 is 0 Å². The van der Waals surface area contributed by atoms with Gasteiger partial charge in [0, 0.05) is 47.3 Å². The van der Waals surface area contributed by atoms with Crippen LogP contribution in [-0.4, -0.2) is 29.8 Å². The Balaban J connectivity index is 1.71. The Bertz CT molecular complexity index is 1590. The number of amides is 1. The SMILES string of the molecule is NC(=O)c1c2c(nc3ccc(F)cc13)-c1c(cc(-c3ccccc3F)cc1N1CCCCC1)C(=O)CC2. The van der Waals surface area contributed by atoms with E-state index in [1.807, 2.05) is 6.07 Å². The minimum absolute atomic E-state index is 0.116. The van der Waals surface area contributed by atoms with E-state index in [4.69, 9.17) is 10.7 Å². The first-order chi connectivity index (χ1) is 17.9. The molecule has 0 bridgehead atoms. The second-order valence-corrected chi connectivity index (χ2v) is 9.71. The Labute approximate surface area is 212 Å². The number of anilines is 1. The number of fused-ring (bicyclic) bond motifs is 4. The van der Waals surface area contributed by atoms with Crippen LogP contribution in [0, 0.1) is 11.6 Å². The summed E-state index contributed by atoms with van der Waals surface area (Å²) in [6.07, 6.45) is 3.48. The summed E-state index contributed by atoms with van der Waals surface area (Å²) in [5, 5.41) is 0.338. The number of piperidine rings is 1. The molecular weight excluding hydrogens is 472 g/mol. The highest BCUT2D eigenvalue weighted by atomic mass is 19.1. The largest absolute Gasteiger partial charge is 0.371 e. The van der Waals surface area contributed by atoms with E-state index in [0.29, 0.717) is 44.4 Å². The van der Waals surface area contributed by atoms with Crippen LogP contribution < -0.4 is 10.6 Å². The average molecular weight is 498 g/mol. The van der Waals surface area contributed by atoms with Crippen LogP contribution in [0.25, 0.3) is 33.3 Å². The molecule has 37 heavy (non-hydrogen) atoms. The van der Waals surface area contributed by atoms with Crippen molar-refractivity contribution in [1.82, 2.24) is 4.98 Å². The van der Waals surface area contributed by atoms with Gasteiger partial charge < -0.3 is 10.6 Å². The maximum absolute atomic E-state index is 14.9. The number of halogens is 2. The first-order valence-electron chi connectivity index (χ1n) is 12.6. The lowest BCUT2D eigenvalue weighted by Gasteiger charge is -2.32. The summed E-state index contributed by atoms with van der Waals surface area (Å²) in [4.78, 5) is 33.4. The number of carbonyl (C=O) groups excluding carboxylic acids is 2. The van der Waals surface area contributed by atoms with E-state index in [9.17, 15) is 18.4 Å². The summed E-state index contributed by atoms with van der Waals surface area (Å²) in [6, 6.07) is 14.3. The average Bonchev–Trinajstić information content (AvgIpc) is 3.04. The molecule has 186 valence electrons. The number of pyridine rings is 1. The predicted molar refractivity (Wildman–Crippen MR) is 140 cm³/mol. The highest BCUT2D eigenvalue weighted by Crippen LogP contribution is 2.44. The molecule has 6 rings (SSSR count). The van der Waals surface area contributed by atoms with Crippen LogP contribution in [0.4, 0.5) is 14.5 Å². The molecule has 0 radical (unpaired) electrons. The standard InChI is InChI=1S/C30H25F2N3O2/c31-18-8-10-24-21(16-18)27(30(33)37)20-9-11-26(36)22-14-17(19-6-2-3-7-23(19)32)15-25(28(22)29(20)34-24)35-12-4-1-5-13-35/h2-3,6-8,10,14-16H,1,4-5,9,11-13H2,(H2,33,37). The van der Waals surface area contributed by atoms with Gasteiger partial charge in [-0.3, -0.25) is 9.59 Å². The van der Waals surface area contributed by atoms with Gasteiger partial charge in [0.25, 0.3) is 0 Å². The predicted octanol–water partition coefficient (Wildman–Crippen LogP) is 6.07. The lowest BCUT2D eigenvalue weighted by atomic mass is 9.90. The van der Waals surface area contributed by atoms with Crippen molar-refractivity contribution in [3.63, 3.8) is 0 Å². The van der Waals surface area contributed by atoms with Gasteiger partial charge in [0.1, 0.15) is 11.6 Å². The normalized spacial score (nSPS) is 15.3. The van der Waals surface area contributed by atoms with Crippen LogP contribution in [0.3, 0.4) is 0 Å². The molecule has 1 aromatic heterocycles. The lowest BCUT2D eigenvalue weighted by molar-refractivity contribution is 0.0976. The van der Waals surface area contributed by atoms with Crippen LogP contribution in [0.15, 0.2) is 54.6 Å². The summed E-state index contributed by atoms with van der Waals surface area (Å²) < 4.78 is 29.0. The van der Waals surface area contributed by atoms with Crippen molar-refractivity contribution in [2.24, 2.45) is 5.73 Å². The topological polar surface area (TPSA) is 76.3 Å². The van der Waals surface area contributed by atoms with Crippen molar-refractivity contribution >= 4 is 28.3 Å². The van der Waals surface area contributed by atoms with Gasteiger partial charge in [0.05, 0.1) is 16.8 Å². The molecule has 1 aliphatic heterocycles. The summed E-state index contributed by atoms with van der Waals surface area (Å²) in [5.74, 6) is -1.66. The third kappa shape index (κ3) is 3.95. The second kappa shape index (κ2) is 9.07. The Morgan fingerprint density at radius 2 is 1.70 bits per heavy atom. The van der Waals surface area contributed by atoms with E-state index in [-0.39, 0.29) is 30.0 Å². The fraction of sp³-hybridized carbons (Fsp3) is 0.233. The van der Waals surface area contributed by atoms with Crippen molar-refractivity contribution in [1.29, 1.82) is 0 Å². The number of hydrogen-bond acceptors (Lipinski definition) is 4. The van der Waals surface area contributed by atoms with Crippen LogP contribution in [0.5, 0.6) is 0 Å². The molecule has 0 spiro atoms. The molecule has 4 aromatic rings. The van der Waals surface area contributed by atoms with Crippen molar-refractivity contribution in [3.8, 4) is 22.4 Å². The Morgan fingerprint density at radius 3 is 2.46 bits per heavy atom. The van der Waals surface area contributed by atoms with Crippen LogP contribution in [0.1, 0.15) is 52.0 Å². The molecule has 0 atom stereocenters. The molecule has 1 aliphatic carbocycles. The number of hydrogen-bond donors (Lipinski definition) is 1. The molecule has 0 saturated carbocycles. The van der Waals surface area contributed by atoms with E-state index < -0.39 is 11.7 Å². The summed E-state index contributed by atoms with van der Waals surface area (Å²) >= 11 is 0. The summed E-state index contributed by atoms with van der Waals surface area (Å²) in [5.41, 5.74) is 10.4. The van der Waals surface area contributed by atoms with Crippen LogP contribution >= 0.6 is 0 Å². The number of benzene rings is 3. The molecule has 3 aromatic carbocycles. The third-order valence-electron chi connectivity index (χ3n) is 7.43. The van der Waals surface area contributed by atoms with Gasteiger partial charge in [0.15, 0.2) is 5.78 Å². The monoisotopic (exact) mass is 497 g/mol. The molecule has 1 saturated heterocycles. The lowest BCUT2D eigenvalue weighted by Crippen LogP contribution is -2.30. The van der Waals surface area contributed by atoms with Gasteiger partial charge in [-0.05, 0) is 73.2 Å². The molecule has 2 N–H and O–H groups in total. The van der Waals surface area contributed by atoms with E-state index >= 15 is 0 Å². The zero-order valence-electron chi connectivity index (χ0n) is 20.2. The maximum Gasteiger partial charge on any atom is 0.249 e. The molecule has 5 nitrogen and oxygen atoms in total. The number of aromatic nitrogens is 1. The molecule has 2 aliphatic rings. The van der Waals surface area contributed by atoms with Crippen molar-refractivity contribution in [2.75, 3.05) is 18.0 Å². The molecule has 2 heterocycles. The first kappa shape index (κ1) is 23.3. The molecule has 0 unspecified atom stereocenters. The van der Waals surface area contributed by atoms with Gasteiger partial charge in [-0.25, -0.2) is 13.8 Å². The van der Waals surface area contributed by atoms with Crippen molar-refractivity contribution < 1.29 is 18.4 Å². The molecule has 1 fully saturated rings. The van der Waals surface area contributed by atoms with Crippen molar-refractivity contribution in [3.05, 3.63) is 82.9 Å². The minimum atomic E-state index is -0.687. The van der Waals surface area contributed by atoms with Gasteiger partial charge in [0.2, 0.25) is 5.91 Å². The highest BCUT2D eigenvalue weighted by Gasteiger charge is 2.31. The van der Waals surface area contributed by atoms with Gasteiger partial charge in [-0.2, -0.15) is 0 Å². The van der Waals surface area contributed by atoms with E-state index in [1.165, 1.54) is 24.3 Å². The van der Waals surface area contributed by atoms with E-state index in [0.717, 1.165) is 38.0 Å². The maximum atomic E-state index is 14.9. The quantitative estimate of drug-likeness (QED) is 0.373. The number of primary amides is 1. The van der Waals surface area contributed by atoms with E-state index in [1.54, 1.807) is 24.3 Å². The number of nitrogens with zero attached hydrogens (tertiary/aromatic N) is 2. The second-order valence-electron chi connectivity index (χ2n) is 9.71.